The average molecular weight is 518 g/mol. The van der Waals surface area contributed by atoms with Crippen molar-refractivity contribution >= 4 is 16.8 Å². The molecule has 0 unspecified atom stereocenters. The molecule has 0 fully saturated rings. The molecule has 1 amide bonds. The number of pyridine rings is 1. The Morgan fingerprint density at radius 3 is 2.37 bits per heavy atom. The highest BCUT2D eigenvalue weighted by Gasteiger charge is 2.25. The van der Waals surface area contributed by atoms with E-state index in [9.17, 15) is 18.7 Å². The fraction of sp³-hybridized carbons (Fsp3) is 0.290. The highest BCUT2D eigenvalue weighted by atomic mass is 19.1. The molecule has 0 radical (unpaired) electrons. The Morgan fingerprint density at radius 2 is 1.66 bits per heavy atom. The predicted octanol–water partition coefficient (Wildman–Crippen LogP) is 5.27. The molecule has 4 aromatic rings. The van der Waals surface area contributed by atoms with Crippen LogP contribution in [0, 0.1) is 25.5 Å². The molecule has 1 heterocycles. The molecule has 0 aliphatic carbocycles. The lowest BCUT2D eigenvalue weighted by atomic mass is 10.0. The third-order valence-corrected chi connectivity index (χ3v) is 6.82. The van der Waals surface area contributed by atoms with Crippen molar-refractivity contribution in [3.8, 4) is 0 Å². The summed E-state index contributed by atoms with van der Waals surface area (Å²) in [5.41, 5.74) is 11.6. The molecule has 5 nitrogen and oxygen atoms in total. The molecule has 4 rings (SSSR count). The first kappa shape index (κ1) is 27.4. The summed E-state index contributed by atoms with van der Waals surface area (Å²) in [6.07, 6.45) is -0.221. The highest BCUT2D eigenvalue weighted by molar-refractivity contribution is 5.99. The SMILES string of the molecule is CCc1cccc(CN(C[C@@H](O)[C@@H](N)Cc2cc(F)cc(F)c2)C(=O)c2cc3cccc(C)c3nc2C)c1. The van der Waals surface area contributed by atoms with E-state index >= 15 is 0 Å². The van der Waals surface area contributed by atoms with Gasteiger partial charge in [0, 0.05) is 30.6 Å². The van der Waals surface area contributed by atoms with Gasteiger partial charge in [0.1, 0.15) is 11.6 Å². The first-order chi connectivity index (χ1) is 18.1. The van der Waals surface area contributed by atoms with E-state index in [1.165, 1.54) is 12.1 Å². The van der Waals surface area contributed by atoms with Crippen LogP contribution in [0.1, 0.15) is 45.2 Å². The van der Waals surface area contributed by atoms with Crippen molar-refractivity contribution in [2.75, 3.05) is 6.54 Å². The maximum atomic E-state index is 13.9. The fourth-order valence-corrected chi connectivity index (χ4v) is 4.71. The van der Waals surface area contributed by atoms with Crippen molar-refractivity contribution in [1.82, 2.24) is 9.88 Å². The number of benzene rings is 3. The van der Waals surface area contributed by atoms with E-state index in [0.29, 0.717) is 16.8 Å². The summed E-state index contributed by atoms with van der Waals surface area (Å²) in [5.74, 6) is -1.68. The average Bonchev–Trinajstić information content (AvgIpc) is 2.87. The van der Waals surface area contributed by atoms with Gasteiger partial charge < -0.3 is 15.7 Å². The number of amides is 1. The molecule has 0 saturated heterocycles. The molecule has 0 spiro atoms. The van der Waals surface area contributed by atoms with Crippen molar-refractivity contribution < 1.29 is 18.7 Å². The lowest BCUT2D eigenvalue weighted by molar-refractivity contribution is 0.0553. The van der Waals surface area contributed by atoms with Crippen LogP contribution in [0.2, 0.25) is 0 Å². The number of rotatable bonds is 9. The Balaban J connectivity index is 1.63. The summed E-state index contributed by atoms with van der Waals surface area (Å²) in [6, 6.07) is 18.0. The standard InChI is InChI=1S/C31H33F2N3O2/c1-4-21-8-6-9-22(11-21)17-36(18-29(37)28(34)14-23-12-25(32)16-26(33)13-23)31(38)27-15-24-10-5-7-19(2)30(24)35-20(27)3/h5-13,15-16,28-29,37H,4,14,17-18,34H2,1-3H3/t28-,29+/m0/s1. The Labute approximate surface area is 221 Å². The van der Waals surface area contributed by atoms with Gasteiger partial charge in [0.15, 0.2) is 0 Å². The number of hydrogen-bond donors (Lipinski definition) is 2. The number of aliphatic hydroxyl groups excluding tert-OH is 1. The van der Waals surface area contributed by atoms with Gasteiger partial charge in [-0.25, -0.2) is 8.78 Å². The van der Waals surface area contributed by atoms with Gasteiger partial charge in [-0.15, -0.1) is 0 Å². The van der Waals surface area contributed by atoms with E-state index < -0.39 is 23.8 Å². The predicted molar refractivity (Wildman–Crippen MR) is 146 cm³/mol. The Kier molecular flexibility index (Phi) is 8.49. The van der Waals surface area contributed by atoms with Crippen molar-refractivity contribution in [2.45, 2.75) is 52.3 Å². The number of halogens is 2. The number of nitrogens with two attached hydrogens (primary N) is 1. The van der Waals surface area contributed by atoms with Crippen LogP contribution in [0.4, 0.5) is 8.78 Å². The van der Waals surface area contributed by atoms with Crippen molar-refractivity contribution in [1.29, 1.82) is 0 Å². The van der Waals surface area contributed by atoms with E-state index in [2.05, 4.69) is 6.92 Å². The Morgan fingerprint density at radius 1 is 0.974 bits per heavy atom. The number of aliphatic hydroxyl groups is 1. The monoisotopic (exact) mass is 517 g/mol. The molecule has 2 atom stereocenters. The molecule has 3 N–H and O–H groups in total. The summed E-state index contributed by atoms with van der Waals surface area (Å²) in [5, 5.41) is 11.9. The van der Waals surface area contributed by atoms with Crippen LogP contribution >= 0.6 is 0 Å². The van der Waals surface area contributed by atoms with E-state index in [4.69, 9.17) is 10.7 Å². The number of para-hydroxylation sites is 1. The van der Waals surface area contributed by atoms with Gasteiger partial charge in [0.2, 0.25) is 0 Å². The topological polar surface area (TPSA) is 79.5 Å². The number of carbonyl (C=O) groups excluding carboxylic acids is 1. The van der Waals surface area contributed by atoms with Crippen LogP contribution in [-0.2, 0) is 19.4 Å². The fourth-order valence-electron chi connectivity index (χ4n) is 4.71. The van der Waals surface area contributed by atoms with Gasteiger partial charge in [0.25, 0.3) is 5.91 Å². The lowest BCUT2D eigenvalue weighted by Gasteiger charge is -2.29. The van der Waals surface area contributed by atoms with Crippen LogP contribution in [0.3, 0.4) is 0 Å². The summed E-state index contributed by atoms with van der Waals surface area (Å²) in [7, 11) is 0. The number of aryl methyl sites for hydroxylation is 3. The van der Waals surface area contributed by atoms with Crippen LogP contribution < -0.4 is 5.73 Å². The number of carbonyl (C=O) groups is 1. The summed E-state index contributed by atoms with van der Waals surface area (Å²) >= 11 is 0. The van der Waals surface area contributed by atoms with Crippen LogP contribution in [0.5, 0.6) is 0 Å². The quantitative estimate of drug-likeness (QED) is 0.317. The molecular formula is C31H33F2N3O2. The zero-order valence-corrected chi connectivity index (χ0v) is 21.9. The molecule has 1 aromatic heterocycles. The summed E-state index contributed by atoms with van der Waals surface area (Å²) in [4.78, 5) is 20.2. The Bertz CT molecular complexity index is 1440. The number of fused-ring (bicyclic) bond motifs is 1. The van der Waals surface area contributed by atoms with Gasteiger partial charge in [-0.2, -0.15) is 0 Å². The van der Waals surface area contributed by atoms with Crippen LogP contribution in [-0.4, -0.2) is 39.6 Å². The first-order valence-electron chi connectivity index (χ1n) is 12.8. The van der Waals surface area contributed by atoms with Gasteiger partial charge in [0.05, 0.1) is 22.9 Å². The highest BCUT2D eigenvalue weighted by Crippen LogP contribution is 2.22. The lowest BCUT2D eigenvalue weighted by Crippen LogP contribution is -2.46. The van der Waals surface area contributed by atoms with Crippen molar-refractivity contribution in [3.63, 3.8) is 0 Å². The zero-order chi connectivity index (χ0) is 27.4. The Hall–Kier alpha value is -3.68. The molecule has 38 heavy (non-hydrogen) atoms. The van der Waals surface area contributed by atoms with E-state index in [0.717, 1.165) is 40.1 Å². The molecule has 3 aromatic carbocycles. The third-order valence-electron chi connectivity index (χ3n) is 6.82. The van der Waals surface area contributed by atoms with Crippen LogP contribution in [0.25, 0.3) is 10.9 Å². The van der Waals surface area contributed by atoms with Crippen molar-refractivity contribution in [2.24, 2.45) is 5.73 Å². The van der Waals surface area contributed by atoms with Gasteiger partial charge in [-0.05, 0) is 67.1 Å². The number of hydrogen-bond acceptors (Lipinski definition) is 4. The van der Waals surface area contributed by atoms with E-state index in [1.54, 1.807) is 11.8 Å². The molecular weight excluding hydrogens is 484 g/mol. The second-order valence-electron chi connectivity index (χ2n) is 9.84. The minimum atomic E-state index is -1.13. The number of aromatic nitrogens is 1. The molecule has 0 aliphatic rings. The van der Waals surface area contributed by atoms with E-state index in [1.807, 2.05) is 55.5 Å². The molecule has 0 bridgehead atoms. The third kappa shape index (κ3) is 6.41. The van der Waals surface area contributed by atoms with Gasteiger partial charge in [-0.1, -0.05) is 49.4 Å². The largest absolute Gasteiger partial charge is 0.390 e. The smallest absolute Gasteiger partial charge is 0.256 e. The van der Waals surface area contributed by atoms with Gasteiger partial charge in [-0.3, -0.25) is 9.78 Å². The molecule has 0 saturated carbocycles. The molecule has 0 aliphatic heterocycles. The minimum Gasteiger partial charge on any atom is -0.390 e. The van der Waals surface area contributed by atoms with Crippen molar-refractivity contribution in [3.05, 3.63) is 112 Å². The molecule has 198 valence electrons. The maximum Gasteiger partial charge on any atom is 0.256 e. The second-order valence-corrected chi connectivity index (χ2v) is 9.84. The summed E-state index contributed by atoms with van der Waals surface area (Å²) in [6.45, 7) is 6.04. The minimum absolute atomic E-state index is 0.0546. The second kappa shape index (κ2) is 11.8. The van der Waals surface area contributed by atoms with Gasteiger partial charge >= 0.3 is 0 Å². The van der Waals surface area contributed by atoms with E-state index in [-0.39, 0.29) is 25.4 Å². The maximum absolute atomic E-state index is 13.9. The zero-order valence-electron chi connectivity index (χ0n) is 21.9. The molecule has 7 heteroatoms. The summed E-state index contributed by atoms with van der Waals surface area (Å²) < 4.78 is 27.3. The number of nitrogens with zero attached hydrogens (tertiary/aromatic N) is 2. The first-order valence-corrected chi connectivity index (χ1v) is 12.8. The normalized spacial score (nSPS) is 12.9. The van der Waals surface area contributed by atoms with Crippen LogP contribution in [0.15, 0.2) is 66.7 Å².